The molecule has 0 unspecified atom stereocenters. The molecule has 0 saturated carbocycles. The Hall–Kier alpha value is -1.78. The Morgan fingerprint density at radius 3 is 2.67 bits per heavy atom. The fraction of sp³-hybridized carbons (Fsp3) is 0.538. The smallest absolute Gasteiger partial charge is 0.340 e. The molecule has 1 heterocycles. The van der Waals surface area contributed by atoms with Crippen LogP contribution in [-0.4, -0.2) is 30.6 Å². The summed E-state index contributed by atoms with van der Waals surface area (Å²) in [6.45, 7) is 6.29. The largest absolute Gasteiger partial charge is 0.465 e. The van der Waals surface area contributed by atoms with Gasteiger partial charge >= 0.3 is 5.97 Å². The third kappa shape index (κ3) is 2.55. The number of carbonyl (C=O) groups is 1. The number of hydrogen-bond acceptors (Lipinski definition) is 5. The van der Waals surface area contributed by atoms with Crippen molar-refractivity contribution in [3.8, 4) is 0 Å². The van der Waals surface area contributed by atoms with Crippen LogP contribution in [0.1, 0.15) is 37.6 Å². The van der Waals surface area contributed by atoms with Gasteiger partial charge in [-0.2, -0.15) is 0 Å². The Morgan fingerprint density at radius 1 is 1.56 bits per heavy atom. The van der Waals surface area contributed by atoms with E-state index in [1.807, 2.05) is 11.9 Å². The van der Waals surface area contributed by atoms with Crippen LogP contribution in [0.25, 0.3) is 0 Å². The average Bonchev–Trinajstić information content (AvgIpc) is 2.37. The second kappa shape index (κ2) is 5.25. The molecule has 18 heavy (non-hydrogen) atoms. The molecule has 5 heteroatoms. The van der Waals surface area contributed by atoms with Gasteiger partial charge in [0.1, 0.15) is 0 Å². The second-order valence-corrected chi connectivity index (χ2v) is 4.81. The highest BCUT2D eigenvalue weighted by molar-refractivity contribution is 5.97. The van der Waals surface area contributed by atoms with Crippen LogP contribution in [0.4, 0.5) is 11.5 Å². The molecule has 0 radical (unpaired) electrons. The first-order chi connectivity index (χ1) is 8.35. The summed E-state index contributed by atoms with van der Waals surface area (Å²) in [4.78, 5) is 17.8. The third-order valence-corrected chi connectivity index (χ3v) is 3.47. The number of aromatic nitrogens is 1. The van der Waals surface area contributed by atoms with Crippen LogP contribution in [-0.2, 0) is 4.74 Å². The Morgan fingerprint density at radius 2 is 2.17 bits per heavy atom. The van der Waals surface area contributed by atoms with E-state index in [2.05, 4.69) is 25.8 Å². The zero-order valence-corrected chi connectivity index (χ0v) is 11.7. The number of nitrogens with two attached hydrogens (primary N) is 1. The van der Waals surface area contributed by atoms with E-state index in [4.69, 9.17) is 10.5 Å². The lowest BCUT2D eigenvalue weighted by molar-refractivity contribution is 0.0602. The van der Waals surface area contributed by atoms with Gasteiger partial charge in [0.2, 0.25) is 0 Å². The van der Waals surface area contributed by atoms with Crippen LogP contribution in [0.2, 0.25) is 0 Å². The number of carbonyl (C=O) groups excluding carboxylic acids is 1. The summed E-state index contributed by atoms with van der Waals surface area (Å²) < 4.78 is 4.70. The molecular weight excluding hydrogens is 230 g/mol. The first-order valence-electron chi connectivity index (χ1n) is 5.91. The van der Waals surface area contributed by atoms with Crippen LogP contribution in [0.5, 0.6) is 0 Å². The van der Waals surface area contributed by atoms with Crippen LogP contribution < -0.4 is 10.6 Å². The Bertz CT molecular complexity index is 444. The minimum Gasteiger partial charge on any atom is -0.465 e. The van der Waals surface area contributed by atoms with Crippen LogP contribution >= 0.6 is 0 Å². The van der Waals surface area contributed by atoms with Gasteiger partial charge in [-0.15, -0.1) is 0 Å². The Labute approximate surface area is 108 Å². The maximum absolute atomic E-state index is 11.6. The number of rotatable bonds is 4. The first kappa shape index (κ1) is 14.3. The van der Waals surface area contributed by atoms with Gasteiger partial charge in [-0.3, -0.25) is 0 Å². The molecule has 0 amide bonds. The summed E-state index contributed by atoms with van der Waals surface area (Å²) in [6.07, 6.45) is 2.51. The molecule has 0 aliphatic carbocycles. The molecule has 0 spiro atoms. The van der Waals surface area contributed by atoms with Crippen molar-refractivity contribution in [1.29, 1.82) is 0 Å². The number of nitrogens with zero attached hydrogens (tertiary/aromatic N) is 2. The van der Waals surface area contributed by atoms with Crippen LogP contribution in [0.3, 0.4) is 0 Å². The van der Waals surface area contributed by atoms with Crippen molar-refractivity contribution in [2.45, 2.75) is 32.7 Å². The van der Waals surface area contributed by atoms with E-state index in [0.29, 0.717) is 17.1 Å². The van der Waals surface area contributed by atoms with Gasteiger partial charge in [-0.1, -0.05) is 6.92 Å². The maximum atomic E-state index is 11.6. The Kier molecular flexibility index (Phi) is 4.16. The van der Waals surface area contributed by atoms with Crippen molar-refractivity contribution >= 4 is 17.5 Å². The highest BCUT2D eigenvalue weighted by Crippen LogP contribution is 2.29. The SMILES string of the molecule is CCC(C)(C)N(C)c1nccc(C(=O)OC)c1N. The number of pyridine rings is 1. The molecule has 100 valence electrons. The lowest BCUT2D eigenvalue weighted by Gasteiger charge is -2.36. The van der Waals surface area contributed by atoms with Crippen molar-refractivity contribution in [2.75, 3.05) is 24.8 Å². The molecule has 0 atom stereocenters. The molecule has 1 aromatic rings. The highest BCUT2D eigenvalue weighted by atomic mass is 16.5. The second-order valence-electron chi connectivity index (χ2n) is 4.81. The van der Waals surface area contributed by atoms with E-state index >= 15 is 0 Å². The maximum Gasteiger partial charge on any atom is 0.340 e. The zero-order valence-electron chi connectivity index (χ0n) is 11.7. The molecule has 1 aromatic heterocycles. The lowest BCUT2D eigenvalue weighted by Crippen LogP contribution is -2.41. The minimum atomic E-state index is -0.446. The predicted molar refractivity (Wildman–Crippen MR) is 72.8 cm³/mol. The molecule has 0 bridgehead atoms. The van der Waals surface area contributed by atoms with Gasteiger partial charge in [-0.05, 0) is 26.3 Å². The van der Waals surface area contributed by atoms with Gasteiger partial charge in [0.15, 0.2) is 5.82 Å². The summed E-state index contributed by atoms with van der Waals surface area (Å²) in [7, 11) is 3.25. The van der Waals surface area contributed by atoms with Gasteiger partial charge < -0.3 is 15.4 Å². The van der Waals surface area contributed by atoms with Gasteiger partial charge in [-0.25, -0.2) is 9.78 Å². The molecule has 2 N–H and O–H groups in total. The summed E-state index contributed by atoms with van der Waals surface area (Å²) in [6, 6.07) is 1.57. The molecule has 0 saturated heterocycles. The van der Waals surface area contributed by atoms with Gasteiger partial charge in [0.25, 0.3) is 0 Å². The molecule has 0 aliphatic rings. The number of nitrogen functional groups attached to an aromatic ring is 1. The fourth-order valence-electron chi connectivity index (χ4n) is 1.54. The molecule has 0 aliphatic heterocycles. The molecule has 0 fully saturated rings. The van der Waals surface area contributed by atoms with Crippen molar-refractivity contribution in [2.24, 2.45) is 0 Å². The van der Waals surface area contributed by atoms with E-state index in [0.717, 1.165) is 6.42 Å². The number of ether oxygens (including phenoxy) is 1. The quantitative estimate of drug-likeness (QED) is 0.830. The topological polar surface area (TPSA) is 68.5 Å². The van der Waals surface area contributed by atoms with E-state index in [9.17, 15) is 4.79 Å². The number of esters is 1. The summed E-state index contributed by atoms with van der Waals surface area (Å²) in [5.74, 6) is 0.156. The van der Waals surface area contributed by atoms with E-state index in [-0.39, 0.29) is 5.54 Å². The number of anilines is 2. The summed E-state index contributed by atoms with van der Waals surface area (Å²) >= 11 is 0. The van der Waals surface area contributed by atoms with E-state index in [1.165, 1.54) is 7.11 Å². The number of hydrogen-bond donors (Lipinski definition) is 1. The average molecular weight is 251 g/mol. The molecule has 0 aromatic carbocycles. The van der Waals surface area contributed by atoms with Crippen molar-refractivity contribution in [3.63, 3.8) is 0 Å². The molecular formula is C13H21N3O2. The summed E-state index contributed by atoms with van der Waals surface area (Å²) in [5, 5.41) is 0. The standard InChI is InChI=1S/C13H21N3O2/c1-6-13(2,3)16(4)11-10(14)9(7-8-15-11)12(17)18-5/h7-8H,6,14H2,1-5H3. The van der Waals surface area contributed by atoms with E-state index in [1.54, 1.807) is 12.3 Å². The minimum absolute atomic E-state index is 0.0874. The molecule has 1 rings (SSSR count). The normalized spacial score (nSPS) is 11.2. The number of methoxy groups -OCH3 is 1. The van der Waals surface area contributed by atoms with Crippen molar-refractivity contribution in [3.05, 3.63) is 17.8 Å². The van der Waals surface area contributed by atoms with Gasteiger partial charge in [0, 0.05) is 18.8 Å². The predicted octanol–water partition coefficient (Wildman–Crippen LogP) is 2.08. The van der Waals surface area contributed by atoms with E-state index < -0.39 is 5.97 Å². The van der Waals surface area contributed by atoms with Gasteiger partial charge in [0.05, 0.1) is 18.4 Å². The lowest BCUT2D eigenvalue weighted by atomic mass is 9.99. The van der Waals surface area contributed by atoms with Crippen LogP contribution in [0.15, 0.2) is 12.3 Å². The zero-order chi connectivity index (χ0) is 13.9. The highest BCUT2D eigenvalue weighted by Gasteiger charge is 2.25. The Balaban J connectivity index is 3.23. The monoisotopic (exact) mass is 251 g/mol. The summed E-state index contributed by atoms with van der Waals surface area (Å²) in [5.41, 5.74) is 6.62. The van der Waals surface area contributed by atoms with Crippen molar-refractivity contribution in [1.82, 2.24) is 4.98 Å². The van der Waals surface area contributed by atoms with Crippen molar-refractivity contribution < 1.29 is 9.53 Å². The first-order valence-corrected chi connectivity index (χ1v) is 5.91. The molecule has 5 nitrogen and oxygen atoms in total. The van der Waals surface area contributed by atoms with Crippen LogP contribution in [0, 0.1) is 0 Å². The third-order valence-electron chi connectivity index (χ3n) is 3.47. The fourth-order valence-corrected chi connectivity index (χ4v) is 1.54.